The van der Waals surface area contributed by atoms with Gasteiger partial charge in [0.05, 0.1) is 37.6 Å². The molecule has 4 rings (SSSR count). The minimum atomic E-state index is -1.87. The molecular weight excluding hydrogens is 625 g/mol. The highest BCUT2D eigenvalue weighted by atomic mass is 28.4. The van der Waals surface area contributed by atoms with E-state index < -0.39 is 16.6 Å². The zero-order valence-corrected chi connectivity index (χ0v) is 35.7. The Morgan fingerprint density at radius 2 is 0.958 bits per heavy atom. The van der Waals surface area contributed by atoms with Crippen LogP contribution in [0.5, 0.6) is 0 Å². The first-order valence-electron chi connectivity index (χ1n) is 19.5. The van der Waals surface area contributed by atoms with Crippen molar-refractivity contribution in [2.24, 2.45) is 11.8 Å². The molecule has 0 aromatic heterocycles. The molecule has 2 aliphatic heterocycles. The van der Waals surface area contributed by atoms with Gasteiger partial charge in [-0.3, -0.25) is 0 Å². The summed E-state index contributed by atoms with van der Waals surface area (Å²) in [5.74, 6) is 0.967. The number of ether oxygens (including phenoxy) is 2. The molecule has 0 amide bonds. The van der Waals surface area contributed by atoms with Gasteiger partial charge in [-0.25, -0.2) is 0 Å². The summed E-state index contributed by atoms with van der Waals surface area (Å²) >= 11 is 0. The van der Waals surface area contributed by atoms with Crippen LogP contribution in [0.2, 0.25) is 36.3 Å². The summed E-state index contributed by atoms with van der Waals surface area (Å²) < 4.78 is 27.5. The van der Waals surface area contributed by atoms with Crippen LogP contribution in [0.3, 0.4) is 0 Å². The van der Waals surface area contributed by atoms with E-state index in [0.29, 0.717) is 24.0 Å². The lowest BCUT2D eigenvalue weighted by Crippen LogP contribution is -2.47. The summed E-state index contributed by atoms with van der Waals surface area (Å²) in [7, 11) is -3.74. The topological polar surface area (TPSA) is 36.9 Å². The van der Waals surface area contributed by atoms with Crippen LogP contribution in [0.1, 0.15) is 133 Å². The van der Waals surface area contributed by atoms with Crippen molar-refractivity contribution in [1.82, 2.24) is 0 Å². The molecule has 4 nitrogen and oxygen atoms in total. The van der Waals surface area contributed by atoms with E-state index in [2.05, 4.69) is 108 Å². The molecule has 2 saturated heterocycles. The Balaban J connectivity index is 1.26. The van der Waals surface area contributed by atoms with Crippen LogP contribution >= 0.6 is 0 Å². The van der Waals surface area contributed by atoms with Crippen molar-refractivity contribution >= 4 is 16.6 Å². The van der Waals surface area contributed by atoms with Crippen LogP contribution < -0.4 is 0 Å². The molecule has 0 bridgehead atoms. The van der Waals surface area contributed by atoms with Gasteiger partial charge in [0.1, 0.15) is 0 Å². The first kappa shape index (κ1) is 40.0. The molecule has 2 saturated carbocycles. The van der Waals surface area contributed by atoms with E-state index in [-0.39, 0.29) is 22.3 Å². The monoisotopic (exact) mass is 699 g/mol. The summed E-state index contributed by atoms with van der Waals surface area (Å²) in [4.78, 5) is 0. The van der Waals surface area contributed by atoms with E-state index in [1.807, 2.05) is 0 Å². The summed E-state index contributed by atoms with van der Waals surface area (Å²) in [6, 6.07) is 0. The lowest BCUT2D eigenvalue weighted by atomic mass is 9.89. The molecule has 48 heavy (non-hydrogen) atoms. The molecule has 6 heteroatoms. The van der Waals surface area contributed by atoms with Crippen LogP contribution in [-0.4, -0.2) is 54.3 Å². The van der Waals surface area contributed by atoms with Crippen molar-refractivity contribution in [2.75, 3.05) is 13.2 Å². The number of rotatable bonds is 9. The molecule has 0 N–H and O–H groups in total. The SMILES string of the molecule is CC(C)=C1CC[C@H]([C@H]2CC/C(=C/CC/C=C3\CC[C@H]([C@H]4CCC(=C(C)C)[C@@H]4O[Si](C)(C)C(C)(C)C)OC3)CO2)[C@H]1O[Si](C)(C)C(C)(C)C. The fourth-order valence-electron chi connectivity index (χ4n) is 7.85. The fourth-order valence-corrected chi connectivity index (χ4v) is 10.5. The average Bonchev–Trinajstić information content (AvgIpc) is 3.59. The number of hydrogen-bond acceptors (Lipinski definition) is 4. The Morgan fingerprint density at radius 1 is 0.604 bits per heavy atom. The first-order valence-corrected chi connectivity index (χ1v) is 25.3. The third-order valence-corrected chi connectivity index (χ3v) is 22.1. The number of hydrogen-bond donors (Lipinski definition) is 0. The summed E-state index contributed by atoms with van der Waals surface area (Å²) in [5, 5.41) is 0.427. The van der Waals surface area contributed by atoms with Crippen molar-refractivity contribution in [2.45, 2.75) is 194 Å². The standard InChI is InChI=1S/C42H74O4Si2/c1-29(2)33-21-23-35(39(33)45-47(11,12)41(5,6)7)37-25-19-31(27-43-37)17-15-16-18-32-20-26-38(44-28-32)36-24-22-34(30(3)4)40(36)46-48(13,14)42(8,9)10/h17-18,35-40H,15-16,19-28H2,1-14H3/b31-17-,32-18+/t35-,36-,37-,38-,39+,40+/m1/s1. The maximum absolute atomic E-state index is 7.12. The molecule has 0 unspecified atom stereocenters. The third kappa shape index (κ3) is 9.56. The van der Waals surface area contributed by atoms with Gasteiger partial charge in [0, 0.05) is 11.8 Å². The molecule has 2 aliphatic carbocycles. The summed E-state index contributed by atoms with van der Waals surface area (Å²) in [6.45, 7) is 34.4. The van der Waals surface area contributed by atoms with Crippen molar-refractivity contribution in [3.8, 4) is 0 Å². The van der Waals surface area contributed by atoms with Gasteiger partial charge in [-0.1, -0.05) is 64.8 Å². The van der Waals surface area contributed by atoms with Gasteiger partial charge >= 0.3 is 0 Å². The number of allylic oxidation sites excluding steroid dienone is 4. The van der Waals surface area contributed by atoms with Crippen molar-refractivity contribution in [1.29, 1.82) is 0 Å². The second kappa shape index (κ2) is 15.9. The van der Waals surface area contributed by atoms with Crippen molar-refractivity contribution in [3.05, 3.63) is 45.6 Å². The minimum Gasteiger partial charge on any atom is -0.410 e. The highest BCUT2D eigenvalue weighted by Crippen LogP contribution is 2.47. The second-order valence-electron chi connectivity index (χ2n) is 19.1. The van der Waals surface area contributed by atoms with Gasteiger partial charge in [-0.05, 0) is 150 Å². The van der Waals surface area contributed by atoms with Crippen LogP contribution in [0, 0.1) is 11.8 Å². The zero-order valence-electron chi connectivity index (χ0n) is 33.7. The lowest BCUT2D eigenvalue weighted by molar-refractivity contribution is -0.0255. The Hall–Kier alpha value is -0.766. The van der Waals surface area contributed by atoms with E-state index in [4.69, 9.17) is 18.3 Å². The quantitative estimate of drug-likeness (QED) is 0.136. The van der Waals surface area contributed by atoms with E-state index in [0.717, 1.165) is 64.6 Å². The molecule has 6 atom stereocenters. The van der Waals surface area contributed by atoms with E-state index in [9.17, 15) is 0 Å². The van der Waals surface area contributed by atoms with Crippen LogP contribution in [0.4, 0.5) is 0 Å². The maximum atomic E-state index is 7.12. The second-order valence-corrected chi connectivity index (χ2v) is 28.6. The molecular formula is C42H74O4Si2. The van der Waals surface area contributed by atoms with Gasteiger partial charge < -0.3 is 18.3 Å². The average molecular weight is 699 g/mol. The summed E-state index contributed by atoms with van der Waals surface area (Å²) in [5.41, 5.74) is 8.94. The first-order chi connectivity index (χ1) is 22.2. The molecule has 274 valence electrons. The van der Waals surface area contributed by atoms with Crippen LogP contribution in [0.15, 0.2) is 45.6 Å². The Morgan fingerprint density at radius 3 is 1.23 bits per heavy atom. The van der Waals surface area contributed by atoms with Gasteiger partial charge in [-0.2, -0.15) is 0 Å². The molecule has 4 fully saturated rings. The maximum Gasteiger partial charge on any atom is 0.192 e. The number of unbranched alkanes of at least 4 members (excludes halogenated alkanes) is 1. The van der Waals surface area contributed by atoms with E-state index in [1.54, 1.807) is 11.1 Å². The Kier molecular flexibility index (Phi) is 13.2. The fraction of sp³-hybridized carbons (Fsp3) is 0.810. The predicted molar refractivity (Wildman–Crippen MR) is 210 cm³/mol. The van der Waals surface area contributed by atoms with Gasteiger partial charge in [0.2, 0.25) is 0 Å². The molecule has 4 aliphatic rings. The largest absolute Gasteiger partial charge is 0.410 e. The van der Waals surface area contributed by atoms with Gasteiger partial charge in [-0.15, -0.1) is 0 Å². The van der Waals surface area contributed by atoms with Crippen molar-refractivity contribution < 1.29 is 18.3 Å². The highest BCUT2D eigenvalue weighted by molar-refractivity contribution is 6.74. The smallest absolute Gasteiger partial charge is 0.192 e. The molecule has 0 radical (unpaired) electrons. The normalized spacial score (nSPS) is 31.3. The van der Waals surface area contributed by atoms with E-state index >= 15 is 0 Å². The van der Waals surface area contributed by atoms with Crippen LogP contribution in [0.25, 0.3) is 0 Å². The molecule has 0 aromatic carbocycles. The predicted octanol–water partition coefficient (Wildman–Crippen LogP) is 12.3. The lowest BCUT2D eigenvalue weighted by Gasteiger charge is -2.42. The Labute approximate surface area is 298 Å². The highest BCUT2D eigenvalue weighted by Gasteiger charge is 2.47. The Bertz CT molecular complexity index is 1120. The zero-order chi connectivity index (χ0) is 35.7. The molecule has 0 aromatic rings. The molecule has 0 spiro atoms. The molecule has 2 heterocycles. The van der Waals surface area contributed by atoms with Gasteiger partial charge in [0.25, 0.3) is 0 Å². The van der Waals surface area contributed by atoms with Crippen LogP contribution in [-0.2, 0) is 18.3 Å². The van der Waals surface area contributed by atoms with Crippen molar-refractivity contribution in [3.63, 3.8) is 0 Å². The summed E-state index contributed by atoms with van der Waals surface area (Å²) in [6.07, 6.45) is 17.5. The third-order valence-electron chi connectivity index (χ3n) is 13.2. The van der Waals surface area contributed by atoms with Gasteiger partial charge in [0.15, 0.2) is 16.6 Å². The van der Waals surface area contributed by atoms with E-state index in [1.165, 1.54) is 35.1 Å². The minimum absolute atomic E-state index is 0.213.